The molecule has 0 saturated heterocycles. The second-order valence-corrected chi connectivity index (χ2v) is 4.05. The van der Waals surface area contributed by atoms with Crippen LogP contribution in [-0.4, -0.2) is 5.91 Å². The van der Waals surface area contributed by atoms with Gasteiger partial charge in [-0.25, -0.2) is 5.84 Å². The Labute approximate surface area is 115 Å². The molecule has 0 aliphatic carbocycles. The molecule has 0 saturated carbocycles. The lowest BCUT2D eigenvalue weighted by Crippen LogP contribution is -2.30. The van der Waals surface area contributed by atoms with E-state index in [1.165, 1.54) is 0 Å². The summed E-state index contributed by atoms with van der Waals surface area (Å²) in [6.45, 7) is 1.79. The molecule has 1 amide bonds. The predicted molar refractivity (Wildman–Crippen MR) is 70.6 cm³/mol. The average molecular weight is 271 g/mol. The molecule has 0 spiro atoms. The van der Waals surface area contributed by atoms with Gasteiger partial charge in [-0.2, -0.15) is 5.26 Å². The summed E-state index contributed by atoms with van der Waals surface area (Å²) in [5.74, 6) is 6.06. The van der Waals surface area contributed by atoms with Crippen molar-refractivity contribution in [1.29, 1.82) is 5.26 Å². The van der Waals surface area contributed by atoms with E-state index in [0.29, 0.717) is 28.4 Å². The number of carbonyl (C=O) groups excluding carboxylic acids is 1. The van der Waals surface area contributed by atoms with E-state index < -0.39 is 5.91 Å². The van der Waals surface area contributed by atoms with Gasteiger partial charge in [0.05, 0.1) is 11.1 Å². The topological polar surface area (TPSA) is 101 Å². The van der Waals surface area contributed by atoms with E-state index >= 15 is 0 Å². The summed E-state index contributed by atoms with van der Waals surface area (Å²) < 4.78 is 10.9. The van der Waals surface area contributed by atoms with Gasteiger partial charge in [0.2, 0.25) is 0 Å². The summed E-state index contributed by atoms with van der Waals surface area (Å²) in [6, 6.07) is 10.5. The quantitative estimate of drug-likeness (QED) is 0.500. The minimum Gasteiger partial charge on any atom is -0.484 e. The molecule has 3 N–H and O–H groups in total. The average Bonchev–Trinajstić information content (AvgIpc) is 2.85. The van der Waals surface area contributed by atoms with E-state index in [2.05, 4.69) is 0 Å². The number of nitrogens with zero attached hydrogens (tertiary/aromatic N) is 1. The number of hydrazine groups is 1. The molecule has 6 heteroatoms. The van der Waals surface area contributed by atoms with Gasteiger partial charge in [-0.15, -0.1) is 0 Å². The van der Waals surface area contributed by atoms with Crippen LogP contribution in [0.5, 0.6) is 5.75 Å². The third kappa shape index (κ3) is 2.79. The van der Waals surface area contributed by atoms with Crippen LogP contribution in [0.25, 0.3) is 0 Å². The number of furan rings is 1. The predicted octanol–water partition coefficient (Wildman–Crippen LogP) is 1.64. The molecule has 102 valence electrons. The van der Waals surface area contributed by atoms with Gasteiger partial charge < -0.3 is 9.15 Å². The normalized spacial score (nSPS) is 9.85. The number of carbonyl (C=O) groups is 1. The number of ether oxygens (including phenoxy) is 1. The molecule has 2 aromatic rings. The number of nitrogens with two attached hydrogens (primary N) is 1. The summed E-state index contributed by atoms with van der Waals surface area (Å²) in [4.78, 5) is 11.4. The number of hydrogen-bond acceptors (Lipinski definition) is 5. The highest BCUT2D eigenvalue weighted by Gasteiger charge is 2.14. The van der Waals surface area contributed by atoms with Crippen LogP contribution in [0.1, 0.15) is 27.4 Å². The monoisotopic (exact) mass is 271 g/mol. The van der Waals surface area contributed by atoms with Crippen molar-refractivity contribution in [3.8, 4) is 11.8 Å². The summed E-state index contributed by atoms with van der Waals surface area (Å²) >= 11 is 0. The first-order valence-corrected chi connectivity index (χ1v) is 5.88. The van der Waals surface area contributed by atoms with Crippen LogP contribution in [0.3, 0.4) is 0 Å². The van der Waals surface area contributed by atoms with Gasteiger partial charge in [0.25, 0.3) is 5.91 Å². The molecular formula is C14H13N3O3. The first-order chi connectivity index (χ1) is 9.65. The van der Waals surface area contributed by atoms with Crippen LogP contribution in [0, 0.1) is 18.3 Å². The smallest absolute Gasteiger partial charge is 0.268 e. The first kappa shape index (κ1) is 13.6. The van der Waals surface area contributed by atoms with Crippen molar-refractivity contribution in [2.75, 3.05) is 0 Å². The van der Waals surface area contributed by atoms with Crippen LogP contribution in [0.15, 0.2) is 34.7 Å². The van der Waals surface area contributed by atoms with E-state index in [9.17, 15) is 4.79 Å². The zero-order chi connectivity index (χ0) is 14.5. The Morgan fingerprint density at radius 3 is 2.95 bits per heavy atom. The molecule has 0 bridgehead atoms. The zero-order valence-corrected chi connectivity index (χ0v) is 10.8. The molecule has 0 radical (unpaired) electrons. The van der Waals surface area contributed by atoms with Crippen molar-refractivity contribution in [3.63, 3.8) is 0 Å². The zero-order valence-electron chi connectivity index (χ0n) is 10.8. The molecule has 1 aromatic heterocycles. The lowest BCUT2D eigenvalue weighted by atomic mass is 10.2. The van der Waals surface area contributed by atoms with Crippen molar-refractivity contribution in [2.24, 2.45) is 5.84 Å². The molecule has 0 atom stereocenters. The van der Waals surface area contributed by atoms with Crippen molar-refractivity contribution in [3.05, 3.63) is 53.0 Å². The summed E-state index contributed by atoms with van der Waals surface area (Å²) in [5.41, 5.74) is 2.85. The second-order valence-electron chi connectivity index (χ2n) is 4.05. The maximum absolute atomic E-state index is 11.4. The van der Waals surface area contributed by atoms with Gasteiger partial charge >= 0.3 is 0 Å². The first-order valence-electron chi connectivity index (χ1n) is 5.88. The number of rotatable bonds is 4. The van der Waals surface area contributed by atoms with Gasteiger partial charge in [0, 0.05) is 0 Å². The maximum Gasteiger partial charge on any atom is 0.268 e. The van der Waals surface area contributed by atoms with Crippen LogP contribution >= 0.6 is 0 Å². The van der Waals surface area contributed by atoms with Gasteiger partial charge in [-0.3, -0.25) is 10.2 Å². The van der Waals surface area contributed by atoms with E-state index in [1.54, 1.807) is 37.3 Å². The third-order valence-corrected chi connectivity index (χ3v) is 2.72. The molecule has 0 unspecified atom stereocenters. The van der Waals surface area contributed by atoms with Crippen molar-refractivity contribution < 1.29 is 13.9 Å². The number of aryl methyl sites for hydroxylation is 1. The molecule has 0 aliphatic rings. The number of amides is 1. The largest absolute Gasteiger partial charge is 0.484 e. The molecule has 0 aliphatic heterocycles. The second kappa shape index (κ2) is 5.91. The van der Waals surface area contributed by atoms with Crippen molar-refractivity contribution in [2.45, 2.75) is 13.5 Å². The highest BCUT2D eigenvalue weighted by atomic mass is 16.5. The third-order valence-electron chi connectivity index (χ3n) is 2.72. The van der Waals surface area contributed by atoms with Gasteiger partial charge in [-0.05, 0) is 25.1 Å². The molecule has 20 heavy (non-hydrogen) atoms. The van der Waals surface area contributed by atoms with Gasteiger partial charge in [0.1, 0.15) is 29.9 Å². The Bertz CT molecular complexity index is 671. The summed E-state index contributed by atoms with van der Waals surface area (Å²) in [6.07, 6.45) is 0. The number of nitriles is 1. The fourth-order valence-electron chi connectivity index (χ4n) is 1.75. The van der Waals surface area contributed by atoms with Crippen LogP contribution in [0.4, 0.5) is 0 Å². The Kier molecular flexibility index (Phi) is 4.03. The summed E-state index contributed by atoms with van der Waals surface area (Å²) in [5, 5.41) is 8.95. The number of nitrogen functional groups attached to an aromatic ring is 1. The minimum absolute atomic E-state index is 0.122. The van der Waals surface area contributed by atoms with Gasteiger partial charge in [0.15, 0.2) is 0 Å². The van der Waals surface area contributed by atoms with E-state index in [4.69, 9.17) is 20.3 Å². The maximum atomic E-state index is 11.4. The van der Waals surface area contributed by atoms with Crippen LogP contribution in [0.2, 0.25) is 0 Å². The Hall–Kier alpha value is -2.78. The highest BCUT2D eigenvalue weighted by molar-refractivity contribution is 5.94. The minimum atomic E-state index is -0.421. The lowest BCUT2D eigenvalue weighted by Gasteiger charge is -2.05. The van der Waals surface area contributed by atoms with Crippen LogP contribution < -0.4 is 16.0 Å². The molecule has 0 fully saturated rings. The van der Waals surface area contributed by atoms with Gasteiger partial charge in [-0.1, -0.05) is 12.1 Å². The fourth-order valence-corrected chi connectivity index (χ4v) is 1.75. The fraction of sp³-hybridized carbons (Fsp3) is 0.143. The number of nitrogens with one attached hydrogen (secondary N) is 1. The molecule has 1 aromatic carbocycles. The van der Waals surface area contributed by atoms with Crippen molar-refractivity contribution >= 4 is 5.91 Å². The molecule has 6 nitrogen and oxygen atoms in total. The SMILES string of the molecule is Cc1oc(COc2ccccc2C#N)cc1C(=O)NN. The van der Waals surface area contributed by atoms with E-state index in [1.807, 2.05) is 11.5 Å². The highest BCUT2D eigenvalue weighted by Crippen LogP contribution is 2.20. The van der Waals surface area contributed by atoms with Crippen molar-refractivity contribution in [1.82, 2.24) is 5.43 Å². The number of hydrogen-bond donors (Lipinski definition) is 2. The number of para-hydroxylation sites is 1. The Morgan fingerprint density at radius 1 is 1.50 bits per heavy atom. The number of benzene rings is 1. The van der Waals surface area contributed by atoms with E-state index in [-0.39, 0.29) is 6.61 Å². The van der Waals surface area contributed by atoms with Crippen LogP contribution in [-0.2, 0) is 6.61 Å². The Balaban J connectivity index is 2.12. The molecule has 2 rings (SSSR count). The summed E-state index contributed by atoms with van der Waals surface area (Å²) in [7, 11) is 0. The standard InChI is InChI=1S/C14H13N3O3/c1-9-12(14(18)17-16)6-11(20-9)8-19-13-5-3-2-4-10(13)7-15/h2-6H,8,16H2,1H3,(H,17,18). The Morgan fingerprint density at radius 2 is 2.25 bits per heavy atom. The molecule has 1 heterocycles. The van der Waals surface area contributed by atoms with E-state index in [0.717, 1.165) is 0 Å². The lowest BCUT2D eigenvalue weighted by molar-refractivity contribution is 0.0952. The molecular weight excluding hydrogens is 258 g/mol.